The fraction of sp³-hybridized carbons (Fsp3) is 0.350. The summed E-state index contributed by atoms with van der Waals surface area (Å²) in [6.07, 6.45) is -11.6. The van der Waals surface area contributed by atoms with Crippen molar-refractivity contribution in [1.29, 1.82) is 0 Å². The molecule has 0 aromatic heterocycles. The van der Waals surface area contributed by atoms with Gasteiger partial charge >= 0.3 is 18.4 Å². The minimum atomic E-state index is -4.84. The second-order valence-corrected chi connectivity index (χ2v) is 8.70. The number of hydrogen-bond acceptors (Lipinski definition) is 2. The predicted octanol–water partition coefficient (Wildman–Crippen LogP) is 7.14. The van der Waals surface area contributed by atoms with Crippen LogP contribution in [0.3, 0.4) is 0 Å². The van der Waals surface area contributed by atoms with Crippen LogP contribution in [-0.2, 0) is 18.1 Å². The minimum absolute atomic E-state index is 0.0846. The van der Waals surface area contributed by atoms with Crippen LogP contribution in [0.4, 0.5) is 36.8 Å². The molecule has 0 saturated carbocycles. The maximum atomic E-state index is 14.3. The van der Waals surface area contributed by atoms with Crippen LogP contribution in [0.25, 0.3) is 0 Å². The highest BCUT2D eigenvalue weighted by molar-refractivity contribution is 6.48. The van der Waals surface area contributed by atoms with E-state index in [0.29, 0.717) is 6.07 Å². The summed E-state index contributed by atoms with van der Waals surface area (Å²) in [4.78, 5) is 11.8. The average molecular weight is 536 g/mol. The maximum absolute atomic E-state index is 14.3. The lowest BCUT2D eigenvalue weighted by Gasteiger charge is -2.33. The first kappa shape index (κ1) is 25.6. The summed E-state index contributed by atoms with van der Waals surface area (Å²) < 4.78 is 83.5. The van der Waals surface area contributed by atoms with Gasteiger partial charge in [-0.25, -0.2) is 4.79 Å². The van der Waals surface area contributed by atoms with Gasteiger partial charge in [0.05, 0.1) is 20.6 Å². The number of carbonyl (C=O) groups is 1. The van der Waals surface area contributed by atoms with Gasteiger partial charge in [0.15, 0.2) is 0 Å². The number of benzene rings is 2. The van der Waals surface area contributed by atoms with E-state index in [1.54, 1.807) is 0 Å². The van der Waals surface area contributed by atoms with E-state index in [4.69, 9.17) is 39.9 Å². The number of nitrogens with zero attached hydrogens (tertiary/aromatic N) is 1. The molecule has 1 aliphatic heterocycles. The van der Waals surface area contributed by atoms with Gasteiger partial charge in [-0.15, -0.1) is 0 Å². The van der Waals surface area contributed by atoms with Crippen LogP contribution in [0.1, 0.15) is 23.1 Å². The van der Waals surface area contributed by atoms with Crippen molar-refractivity contribution in [2.45, 2.75) is 30.7 Å². The van der Waals surface area contributed by atoms with Crippen LogP contribution in [0.15, 0.2) is 30.3 Å². The molecule has 4 nitrogen and oxygen atoms in total. The van der Waals surface area contributed by atoms with E-state index in [-0.39, 0.29) is 38.4 Å². The monoisotopic (exact) mass is 534 g/mol. The molecule has 2 aromatic rings. The molecule has 0 spiro atoms. The molecule has 1 heterocycles. The summed E-state index contributed by atoms with van der Waals surface area (Å²) >= 11 is 17.7. The molecule has 3 rings (SSSR count). The molecule has 1 unspecified atom stereocenters. The van der Waals surface area contributed by atoms with E-state index < -0.39 is 48.9 Å². The molecule has 1 aliphatic rings. The molecule has 180 valence electrons. The molecular formula is C20H15Cl3F6N2O2. The van der Waals surface area contributed by atoms with Crippen LogP contribution in [-0.4, -0.2) is 30.5 Å². The summed E-state index contributed by atoms with van der Waals surface area (Å²) in [5, 5.41) is 10.1. The third-order valence-electron chi connectivity index (χ3n) is 5.54. The molecule has 0 radical (unpaired) electrons. The van der Waals surface area contributed by atoms with Crippen molar-refractivity contribution < 1.29 is 36.2 Å². The number of alkyl halides is 6. The molecule has 13 heteroatoms. The van der Waals surface area contributed by atoms with Crippen molar-refractivity contribution in [2.75, 3.05) is 18.0 Å². The van der Waals surface area contributed by atoms with Crippen molar-refractivity contribution in [3.63, 3.8) is 0 Å². The summed E-state index contributed by atoms with van der Waals surface area (Å²) in [6.45, 7) is -1.48. The summed E-state index contributed by atoms with van der Waals surface area (Å²) in [7, 11) is 0. The van der Waals surface area contributed by atoms with Gasteiger partial charge in [0.25, 0.3) is 0 Å². The van der Waals surface area contributed by atoms with E-state index >= 15 is 0 Å². The Morgan fingerprint density at radius 1 is 1.06 bits per heavy atom. The molecular weight excluding hydrogens is 521 g/mol. The Kier molecular flexibility index (Phi) is 6.94. The first-order valence-electron chi connectivity index (χ1n) is 9.29. The van der Waals surface area contributed by atoms with Crippen LogP contribution in [0, 0.1) is 0 Å². The highest BCUT2D eigenvalue weighted by Gasteiger charge is 2.59. The summed E-state index contributed by atoms with van der Waals surface area (Å²) in [5.41, 5.74) is -4.26. The number of amides is 1. The number of halogens is 9. The highest BCUT2D eigenvalue weighted by atomic mass is 35.5. The van der Waals surface area contributed by atoms with Gasteiger partial charge in [-0.2, -0.15) is 26.3 Å². The molecule has 0 bridgehead atoms. The van der Waals surface area contributed by atoms with Gasteiger partial charge in [0.2, 0.25) is 0 Å². The van der Waals surface area contributed by atoms with E-state index in [2.05, 4.69) is 0 Å². The topological polar surface area (TPSA) is 52.6 Å². The first-order valence-corrected chi connectivity index (χ1v) is 10.4. The van der Waals surface area contributed by atoms with Gasteiger partial charge in [-0.1, -0.05) is 40.9 Å². The second kappa shape index (κ2) is 8.96. The van der Waals surface area contributed by atoms with E-state index in [9.17, 15) is 31.1 Å². The number of nitrogens with one attached hydrogen (secondary N) is 1. The Labute approximate surface area is 199 Å². The smallest absolute Gasteiger partial charge is 0.416 e. The molecule has 0 aliphatic carbocycles. The Bertz CT molecular complexity index is 1050. The molecule has 33 heavy (non-hydrogen) atoms. The van der Waals surface area contributed by atoms with E-state index in [0.717, 1.165) is 18.2 Å². The third-order valence-corrected chi connectivity index (χ3v) is 6.74. The SMILES string of the molecule is O=C(O)NCc1ccc(N2CCC(c3cc(Cl)c(Cl)c(Cl)c3)(C(F)(F)F)C2)cc1C(F)(F)F. The number of carboxylic acid groups (broad SMARTS) is 1. The number of rotatable bonds is 4. The normalized spacial score (nSPS) is 19.1. The Morgan fingerprint density at radius 2 is 1.67 bits per heavy atom. The van der Waals surface area contributed by atoms with Gasteiger partial charge in [0.1, 0.15) is 5.41 Å². The molecule has 2 aromatic carbocycles. The van der Waals surface area contributed by atoms with Gasteiger partial charge in [-0.05, 0) is 41.8 Å². The standard InChI is InChI=1S/C20H15Cl3F6N2O2/c21-14-5-11(6-15(22)16(14)23)18(20(27,28)29)3-4-31(9-18)12-2-1-10(8-30-17(32)33)13(7-12)19(24,25)26/h1-2,5-7,30H,3-4,8-9H2,(H,32,33). The average Bonchev–Trinajstić information content (AvgIpc) is 3.16. The molecule has 2 N–H and O–H groups in total. The van der Waals surface area contributed by atoms with E-state index in [1.165, 1.54) is 11.0 Å². The lowest BCUT2D eigenvalue weighted by molar-refractivity contribution is -0.184. The van der Waals surface area contributed by atoms with Crippen molar-refractivity contribution in [3.8, 4) is 0 Å². The van der Waals surface area contributed by atoms with Crippen LogP contribution in [0.2, 0.25) is 15.1 Å². The van der Waals surface area contributed by atoms with Gasteiger partial charge < -0.3 is 15.3 Å². The zero-order chi connectivity index (χ0) is 24.8. The minimum Gasteiger partial charge on any atom is -0.465 e. The van der Waals surface area contributed by atoms with Crippen molar-refractivity contribution in [1.82, 2.24) is 5.32 Å². The largest absolute Gasteiger partial charge is 0.465 e. The predicted molar refractivity (Wildman–Crippen MR) is 112 cm³/mol. The molecule has 1 fully saturated rings. The fourth-order valence-electron chi connectivity index (χ4n) is 3.84. The maximum Gasteiger partial charge on any atom is 0.416 e. The molecule has 1 saturated heterocycles. The van der Waals surface area contributed by atoms with Gasteiger partial charge in [0, 0.05) is 25.3 Å². The second-order valence-electron chi connectivity index (χ2n) is 7.50. The molecule has 1 atom stereocenters. The van der Waals surface area contributed by atoms with Gasteiger partial charge in [-0.3, -0.25) is 0 Å². The quantitative estimate of drug-likeness (QED) is 0.323. The first-order chi connectivity index (χ1) is 15.2. The summed E-state index contributed by atoms with van der Waals surface area (Å²) in [6, 6.07) is 5.11. The fourth-order valence-corrected chi connectivity index (χ4v) is 4.44. The Hall–Kier alpha value is -2.04. The highest BCUT2D eigenvalue weighted by Crippen LogP contribution is 2.50. The van der Waals surface area contributed by atoms with Crippen LogP contribution >= 0.6 is 34.8 Å². The Balaban J connectivity index is 2.02. The Morgan fingerprint density at radius 3 is 2.18 bits per heavy atom. The van der Waals surface area contributed by atoms with Crippen molar-refractivity contribution in [3.05, 3.63) is 62.1 Å². The lowest BCUT2D eigenvalue weighted by Crippen LogP contribution is -2.45. The van der Waals surface area contributed by atoms with Crippen LogP contribution in [0.5, 0.6) is 0 Å². The van der Waals surface area contributed by atoms with E-state index in [1.807, 2.05) is 5.32 Å². The number of hydrogen-bond donors (Lipinski definition) is 2. The zero-order valence-corrected chi connectivity index (χ0v) is 18.7. The molecule has 1 amide bonds. The van der Waals surface area contributed by atoms with Crippen molar-refractivity contribution >= 4 is 46.6 Å². The van der Waals surface area contributed by atoms with Crippen LogP contribution < -0.4 is 10.2 Å². The third kappa shape index (κ3) is 5.07. The summed E-state index contributed by atoms with van der Waals surface area (Å²) in [5.74, 6) is 0. The van der Waals surface area contributed by atoms with Crippen molar-refractivity contribution in [2.24, 2.45) is 0 Å². The zero-order valence-electron chi connectivity index (χ0n) is 16.4. The number of anilines is 1. The lowest BCUT2D eigenvalue weighted by atomic mass is 9.79.